The van der Waals surface area contributed by atoms with Gasteiger partial charge in [0.1, 0.15) is 16.9 Å². The van der Waals surface area contributed by atoms with Crippen molar-refractivity contribution >= 4 is 39.4 Å². The van der Waals surface area contributed by atoms with Crippen LogP contribution in [0.2, 0.25) is 0 Å². The van der Waals surface area contributed by atoms with Crippen molar-refractivity contribution in [3.63, 3.8) is 0 Å². The first-order valence-electron chi connectivity index (χ1n) is 10.2. The summed E-state index contributed by atoms with van der Waals surface area (Å²) >= 11 is 1.11. The average molecular weight is 497 g/mol. The number of nitrogens with zero attached hydrogens (tertiary/aromatic N) is 2. The molecular weight excluding hydrogens is 473 g/mol. The van der Waals surface area contributed by atoms with E-state index < -0.39 is 46.6 Å². The summed E-state index contributed by atoms with van der Waals surface area (Å²) in [6.07, 6.45) is -4.02. The summed E-state index contributed by atoms with van der Waals surface area (Å²) < 4.78 is 46.3. The van der Waals surface area contributed by atoms with Crippen molar-refractivity contribution in [1.29, 1.82) is 0 Å². The van der Waals surface area contributed by atoms with Gasteiger partial charge in [-0.1, -0.05) is 13.0 Å². The molecule has 0 unspecified atom stereocenters. The van der Waals surface area contributed by atoms with Crippen LogP contribution < -0.4 is 10.6 Å². The van der Waals surface area contributed by atoms with Crippen molar-refractivity contribution in [2.24, 2.45) is 0 Å². The number of alkyl halides is 3. The van der Waals surface area contributed by atoms with Gasteiger partial charge in [-0.2, -0.15) is 13.2 Å². The van der Waals surface area contributed by atoms with Gasteiger partial charge >= 0.3 is 12.3 Å². The van der Waals surface area contributed by atoms with E-state index in [1.54, 1.807) is 33.1 Å². The summed E-state index contributed by atoms with van der Waals surface area (Å²) in [6, 6.07) is 2.14. The highest BCUT2D eigenvalue weighted by molar-refractivity contribution is 7.13. The van der Waals surface area contributed by atoms with E-state index >= 15 is 0 Å². The Hall–Kier alpha value is -3.41. The van der Waals surface area contributed by atoms with Crippen LogP contribution in [0.25, 0.3) is 10.9 Å². The van der Waals surface area contributed by atoms with E-state index in [0.29, 0.717) is 0 Å². The molecule has 2 aromatic heterocycles. The molecule has 0 aliphatic heterocycles. The predicted molar refractivity (Wildman–Crippen MR) is 121 cm³/mol. The number of para-hydroxylation sites is 1. The minimum atomic E-state index is -4.76. The molecule has 0 saturated carbocycles. The number of pyridine rings is 1. The zero-order chi connectivity index (χ0) is 25.3. The molecule has 182 valence electrons. The van der Waals surface area contributed by atoms with E-state index in [1.165, 1.54) is 12.3 Å². The van der Waals surface area contributed by atoms with E-state index in [9.17, 15) is 27.9 Å². The fraction of sp³-hybridized carbons (Fsp3) is 0.364. The van der Waals surface area contributed by atoms with Gasteiger partial charge in [0.25, 0.3) is 5.91 Å². The third-order valence-electron chi connectivity index (χ3n) is 4.63. The molecule has 0 aliphatic carbocycles. The van der Waals surface area contributed by atoms with Gasteiger partial charge in [0, 0.05) is 17.0 Å². The number of anilines is 1. The summed E-state index contributed by atoms with van der Waals surface area (Å²) in [7, 11) is 0. The van der Waals surface area contributed by atoms with E-state index in [1.807, 2.05) is 0 Å². The Bertz CT molecular complexity index is 1210. The van der Waals surface area contributed by atoms with Gasteiger partial charge < -0.3 is 15.2 Å². The number of halogens is 3. The van der Waals surface area contributed by atoms with Crippen molar-refractivity contribution in [3.8, 4) is 5.75 Å². The normalized spacial score (nSPS) is 12.9. The van der Waals surface area contributed by atoms with Crippen molar-refractivity contribution in [2.75, 3.05) is 5.32 Å². The van der Waals surface area contributed by atoms with Gasteiger partial charge in [-0.25, -0.2) is 14.8 Å². The maximum atomic E-state index is 13.7. The monoisotopic (exact) mass is 496 g/mol. The molecular formula is C22H23F3N4O4S. The highest BCUT2D eigenvalue weighted by Crippen LogP contribution is 2.40. The Labute approximate surface area is 197 Å². The number of thiazole rings is 1. The van der Waals surface area contributed by atoms with E-state index in [2.05, 4.69) is 20.6 Å². The smallest absolute Gasteiger partial charge is 0.418 e. The number of benzene rings is 1. The molecule has 3 rings (SSSR count). The molecule has 34 heavy (non-hydrogen) atoms. The minimum Gasteiger partial charge on any atom is -0.506 e. The second kappa shape index (κ2) is 9.45. The number of rotatable bonds is 5. The molecule has 3 aromatic rings. The molecule has 0 bridgehead atoms. The quantitative estimate of drug-likeness (QED) is 0.421. The Morgan fingerprint density at radius 1 is 1.24 bits per heavy atom. The molecule has 2 amide bonds. The van der Waals surface area contributed by atoms with Crippen LogP contribution in [0, 0.1) is 0 Å². The summed E-state index contributed by atoms with van der Waals surface area (Å²) in [5.74, 6) is -1.52. The number of amides is 2. The maximum Gasteiger partial charge on any atom is 0.418 e. The van der Waals surface area contributed by atoms with E-state index in [4.69, 9.17) is 4.74 Å². The van der Waals surface area contributed by atoms with Crippen molar-refractivity contribution in [2.45, 2.75) is 51.9 Å². The number of aromatic nitrogens is 2. The van der Waals surface area contributed by atoms with E-state index in [-0.39, 0.29) is 28.2 Å². The SMILES string of the molecule is CC[C@H](NC(=O)OC(C)(C)C)c1nc2c(C(F)(F)F)cccc2c(O)c1C(=O)Nc1nccs1. The molecule has 2 heterocycles. The molecule has 12 heteroatoms. The van der Waals surface area contributed by atoms with Crippen molar-refractivity contribution in [1.82, 2.24) is 15.3 Å². The number of hydrogen-bond acceptors (Lipinski definition) is 7. The molecule has 1 aromatic carbocycles. The van der Waals surface area contributed by atoms with Crippen molar-refractivity contribution < 1.29 is 32.6 Å². The molecule has 0 radical (unpaired) electrons. The Morgan fingerprint density at radius 3 is 2.50 bits per heavy atom. The fourth-order valence-electron chi connectivity index (χ4n) is 3.25. The first-order valence-corrected chi connectivity index (χ1v) is 11.1. The Kier molecular flexibility index (Phi) is 7.01. The number of nitrogens with one attached hydrogen (secondary N) is 2. The zero-order valence-corrected chi connectivity index (χ0v) is 19.6. The number of aromatic hydroxyl groups is 1. The highest BCUT2D eigenvalue weighted by atomic mass is 32.1. The zero-order valence-electron chi connectivity index (χ0n) is 18.8. The summed E-state index contributed by atoms with van der Waals surface area (Å²) in [5, 5.41) is 17.6. The van der Waals surface area contributed by atoms with Gasteiger partial charge in [0.05, 0.1) is 22.8 Å². The first-order chi connectivity index (χ1) is 15.8. The number of hydrogen-bond donors (Lipinski definition) is 3. The molecule has 0 aliphatic rings. The summed E-state index contributed by atoms with van der Waals surface area (Å²) in [4.78, 5) is 33.6. The maximum absolute atomic E-state index is 13.7. The van der Waals surface area contributed by atoms with Gasteiger partial charge in [-0.15, -0.1) is 11.3 Å². The van der Waals surface area contributed by atoms with Crippen LogP contribution in [0.4, 0.5) is 23.1 Å². The summed E-state index contributed by atoms with van der Waals surface area (Å²) in [6.45, 7) is 6.59. The lowest BCUT2D eigenvalue weighted by molar-refractivity contribution is -0.136. The lowest BCUT2D eigenvalue weighted by atomic mass is 9.98. The molecule has 8 nitrogen and oxygen atoms in total. The van der Waals surface area contributed by atoms with Gasteiger partial charge in [-0.3, -0.25) is 10.1 Å². The Balaban J connectivity index is 2.20. The summed E-state index contributed by atoms with van der Waals surface area (Å²) in [5.41, 5.74) is -3.07. The highest BCUT2D eigenvalue weighted by Gasteiger charge is 2.36. The molecule has 0 spiro atoms. The number of alkyl carbamates (subject to hydrolysis) is 1. The van der Waals surface area contributed by atoms with Crippen LogP contribution in [0.15, 0.2) is 29.8 Å². The molecule has 0 saturated heterocycles. The van der Waals surface area contributed by atoms with Crippen molar-refractivity contribution in [3.05, 3.63) is 46.6 Å². The third-order valence-corrected chi connectivity index (χ3v) is 5.32. The molecule has 1 atom stereocenters. The lowest BCUT2D eigenvalue weighted by Crippen LogP contribution is -2.36. The third kappa shape index (κ3) is 5.56. The van der Waals surface area contributed by atoms with Gasteiger partial charge in [0.15, 0.2) is 5.13 Å². The molecule has 3 N–H and O–H groups in total. The molecule has 0 fully saturated rings. The van der Waals surface area contributed by atoms with E-state index in [0.717, 1.165) is 23.5 Å². The number of carbonyl (C=O) groups excluding carboxylic acids is 2. The van der Waals surface area contributed by atoms with Crippen LogP contribution in [0.1, 0.15) is 61.8 Å². The fourth-order valence-corrected chi connectivity index (χ4v) is 3.77. The predicted octanol–water partition coefficient (Wildman–Crippen LogP) is 5.64. The second-order valence-electron chi connectivity index (χ2n) is 8.32. The van der Waals surface area contributed by atoms with Crippen LogP contribution >= 0.6 is 11.3 Å². The average Bonchev–Trinajstić information content (AvgIpc) is 3.22. The second-order valence-corrected chi connectivity index (χ2v) is 9.21. The Morgan fingerprint density at radius 2 is 1.94 bits per heavy atom. The van der Waals surface area contributed by atoms with Crippen LogP contribution in [-0.2, 0) is 10.9 Å². The van der Waals surface area contributed by atoms with Crippen LogP contribution in [0.3, 0.4) is 0 Å². The number of fused-ring (bicyclic) bond motifs is 1. The minimum absolute atomic E-state index is 0.142. The van der Waals surface area contributed by atoms with Gasteiger partial charge in [0.2, 0.25) is 0 Å². The largest absolute Gasteiger partial charge is 0.506 e. The standard InChI is InChI=1S/C22H23F3N4O4S/c1-5-13(27-20(32)33-21(2,3)4)16-14(18(31)29-19-26-9-10-34-19)17(30)11-7-6-8-12(15(11)28-16)22(23,24)25/h6-10,13H,5H2,1-4H3,(H,27,32)(H,28,30)(H,26,29,31)/t13-/m0/s1. The van der Waals surface area contributed by atoms with Crippen LogP contribution in [-0.4, -0.2) is 32.7 Å². The number of ether oxygens (including phenoxy) is 1. The lowest BCUT2D eigenvalue weighted by Gasteiger charge is -2.25. The van der Waals surface area contributed by atoms with Gasteiger partial charge in [-0.05, 0) is 39.3 Å². The van der Waals surface area contributed by atoms with Crippen LogP contribution in [0.5, 0.6) is 5.75 Å². The topological polar surface area (TPSA) is 113 Å². The number of carbonyl (C=O) groups is 2. The first kappa shape index (κ1) is 25.2.